The first kappa shape index (κ1) is 30.7. The maximum absolute atomic E-state index is 6.49. The fraction of sp³-hybridized carbons (Fsp3) is 0.170. The average Bonchev–Trinajstić information content (AvgIpc) is 4.02. The quantitative estimate of drug-likeness (QED) is 0.182. The van der Waals surface area contributed by atoms with E-state index < -0.39 is 0 Å². The van der Waals surface area contributed by atoms with Crippen LogP contribution in [0.1, 0.15) is 36.8 Å². The summed E-state index contributed by atoms with van der Waals surface area (Å²) in [6.07, 6.45) is 5.67. The molecule has 4 saturated carbocycles. The predicted molar refractivity (Wildman–Crippen MR) is 231 cm³/mol. The van der Waals surface area contributed by atoms with Crippen LogP contribution in [0.3, 0.4) is 0 Å². The normalized spacial score (nSPS) is 22.9. The van der Waals surface area contributed by atoms with Crippen LogP contribution < -0.4 is 0 Å². The van der Waals surface area contributed by atoms with Crippen LogP contribution in [0.15, 0.2) is 156 Å². The Kier molecular flexibility index (Phi) is 5.84. The first-order chi connectivity index (χ1) is 28.2. The van der Waals surface area contributed by atoms with E-state index in [4.69, 9.17) is 14.4 Å². The topological polar surface area (TPSA) is 43.9 Å². The molecule has 0 saturated heterocycles. The maximum atomic E-state index is 6.49. The highest BCUT2D eigenvalue weighted by atomic mass is 16.3. The van der Waals surface area contributed by atoms with Crippen LogP contribution in [0.5, 0.6) is 0 Å². The highest BCUT2D eigenvalue weighted by Gasteiger charge is 2.65. The molecule has 5 atom stereocenters. The van der Waals surface area contributed by atoms with Crippen molar-refractivity contribution >= 4 is 54.6 Å². The van der Waals surface area contributed by atoms with Gasteiger partial charge in [-0.25, -0.2) is 9.97 Å². The Hall–Kier alpha value is -6.52. The Bertz CT molecular complexity index is 3350. The summed E-state index contributed by atoms with van der Waals surface area (Å²) < 4.78 is 8.75. The molecule has 4 fully saturated rings. The van der Waals surface area contributed by atoms with E-state index in [1.165, 1.54) is 69.5 Å². The zero-order chi connectivity index (χ0) is 37.0. The lowest BCUT2D eigenvalue weighted by Gasteiger charge is -2.43. The first-order valence-corrected chi connectivity index (χ1v) is 20.7. The Labute approximate surface area is 329 Å². The van der Waals surface area contributed by atoms with Crippen molar-refractivity contribution in [2.45, 2.75) is 31.1 Å². The van der Waals surface area contributed by atoms with Crippen molar-refractivity contribution in [1.29, 1.82) is 0 Å². The third kappa shape index (κ3) is 3.88. The van der Waals surface area contributed by atoms with Crippen LogP contribution in [-0.4, -0.2) is 14.5 Å². The molecule has 57 heavy (non-hydrogen) atoms. The van der Waals surface area contributed by atoms with Gasteiger partial charge in [0.2, 0.25) is 5.95 Å². The molecule has 5 aliphatic rings. The van der Waals surface area contributed by atoms with E-state index in [0.717, 1.165) is 62.4 Å². The Morgan fingerprint density at radius 3 is 2.26 bits per heavy atom. The van der Waals surface area contributed by atoms with Gasteiger partial charge in [-0.1, -0.05) is 115 Å². The van der Waals surface area contributed by atoms with Crippen molar-refractivity contribution in [2.75, 3.05) is 0 Å². The Morgan fingerprint density at radius 2 is 1.33 bits per heavy atom. The van der Waals surface area contributed by atoms with E-state index in [-0.39, 0.29) is 5.41 Å². The maximum Gasteiger partial charge on any atom is 0.236 e. The fourth-order valence-corrected chi connectivity index (χ4v) is 12.8. The van der Waals surface area contributed by atoms with Crippen molar-refractivity contribution in [2.24, 2.45) is 23.7 Å². The minimum absolute atomic E-state index is 0.193. The van der Waals surface area contributed by atoms with Crippen molar-refractivity contribution in [1.82, 2.24) is 14.5 Å². The molecule has 10 aromatic rings. The summed E-state index contributed by atoms with van der Waals surface area (Å²) in [5, 5.41) is 5.85. The molecule has 3 heterocycles. The van der Waals surface area contributed by atoms with Crippen molar-refractivity contribution in [3.63, 3.8) is 0 Å². The molecule has 270 valence electrons. The number of hydrogen-bond acceptors (Lipinski definition) is 3. The van der Waals surface area contributed by atoms with Gasteiger partial charge in [-0.2, -0.15) is 0 Å². The summed E-state index contributed by atoms with van der Waals surface area (Å²) in [5.41, 5.74) is 15.1. The molecule has 15 rings (SSSR count). The summed E-state index contributed by atoms with van der Waals surface area (Å²) in [5.74, 6) is 4.03. The second-order valence-corrected chi connectivity index (χ2v) is 17.3. The van der Waals surface area contributed by atoms with Gasteiger partial charge in [-0.3, -0.25) is 4.57 Å². The molecular weight excluding hydrogens is 695 g/mol. The van der Waals surface area contributed by atoms with Gasteiger partial charge in [-0.15, -0.1) is 0 Å². The van der Waals surface area contributed by atoms with E-state index in [2.05, 4.69) is 138 Å². The number of hydrogen-bond donors (Lipinski definition) is 0. The molecule has 4 heteroatoms. The van der Waals surface area contributed by atoms with E-state index in [1.807, 2.05) is 18.2 Å². The highest BCUT2D eigenvalue weighted by molar-refractivity contribution is 6.22. The summed E-state index contributed by atoms with van der Waals surface area (Å²) in [7, 11) is 0. The van der Waals surface area contributed by atoms with Crippen molar-refractivity contribution in [3.05, 3.63) is 163 Å². The highest BCUT2D eigenvalue weighted by Crippen LogP contribution is 2.73. The molecule has 3 aromatic heterocycles. The van der Waals surface area contributed by atoms with Gasteiger partial charge in [0.25, 0.3) is 0 Å². The number of fused-ring (bicyclic) bond motifs is 11. The van der Waals surface area contributed by atoms with Gasteiger partial charge >= 0.3 is 0 Å². The van der Waals surface area contributed by atoms with Crippen LogP contribution in [0.2, 0.25) is 0 Å². The number of benzene rings is 7. The summed E-state index contributed by atoms with van der Waals surface area (Å²) >= 11 is 0. The van der Waals surface area contributed by atoms with Gasteiger partial charge < -0.3 is 4.42 Å². The molecule has 0 radical (unpaired) electrons. The zero-order valence-electron chi connectivity index (χ0n) is 31.3. The summed E-state index contributed by atoms with van der Waals surface area (Å²) in [4.78, 5) is 10.7. The number of furan rings is 1. The first-order valence-electron chi connectivity index (χ1n) is 20.7. The lowest BCUT2D eigenvalue weighted by molar-refractivity contribution is 0.191. The van der Waals surface area contributed by atoms with E-state index >= 15 is 0 Å². The molecular formula is C53H37N3O. The van der Waals surface area contributed by atoms with Gasteiger partial charge in [-0.05, 0) is 130 Å². The standard InChI is InChI=1S/C53H37N3O/c1-2-11-32(12-3-1)49-51-50(39-15-7-9-17-47(39)57-51)55-52(54-49)56-45-22-20-34(29-41(45)48-37-13-5-4-10-31(37)19-23-46(48)56)33-18-21-43-40(28-33)38-14-6-8-16-42(38)53(43)36-25-30-24-35(27-36)44(53)26-30/h1-23,28-30,35-36,44H,24-27H2. The molecule has 0 amide bonds. The molecule has 0 N–H and O–H groups in total. The molecule has 5 unspecified atom stereocenters. The van der Waals surface area contributed by atoms with Crippen molar-refractivity contribution in [3.8, 4) is 39.5 Å². The largest absolute Gasteiger partial charge is 0.452 e. The van der Waals surface area contributed by atoms with Crippen LogP contribution in [-0.2, 0) is 5.41 Å². The average molecular weight is 732 g/mol. The second kappa shape index (κ2) is 10.9. The number of rotatable bonds is 3. The van der Waals surface area contributed by atoms with Gasteiger partial charge in [0.1, 0.15) is 16.8 Å². The molecule has 5 aliphatic carbocycles. The number of para-hydroxylation sites is 1. The monoisotopic (exact) mass is 731 g/mol. The number of aromatic nitrogens is 3. The van der Waals surface area contributed by atoms with Gasteiger partial charge in [0, 0.05) is 27.1 Å². The predicted octanol–water partition coefficient (Wildman–Crippen LogP) is 13.3. The number of nitrogens with zero attached hydrogens (tertiary/aromatic N) is 3. The minimum Gasteiger partial charge on any atom is -0.452 e. The molecule has 0 aliphatic heterocycles. The second-order valence-electron chi connectivity index (χ2n) is 17.3. The van der Waals surface area contributed by atoms with Crippen LogP contribution in [0.25, 0.3) is 94.1 Å². The van der Waals surface area contributed by atoms with E-state index in [9.17, 15) is 0 Å². The summed E-state index contributed by atoms with van der Waals surface area (Å²) in [6, 6.07) is 55.7. The van der Waals surface area contributed by atoms with Crippen LogP contribution >= 0.6 is 0 Å². The zero-order valence-corrected chi connectivity index (χ0v) is 31.3. The SMILES string of the molecule is c1ccc(-c2nc(-n3c4ccc(-c5ccc6c(c5)-c5ccccc5C65C6CC7CC(C6)C5C7)cc4c4c5ccccc5ccc43)nc3c2oc2ccccc23)cc1. The lowest BCUT2D eigenvalue weighted by atomic mass is 9.59. The third-order valence-corrected chi connectivity index (χ3v) is 14.8. The Morgan fingerprint density at radius 1 is 0.561 bits per heavy atom. The van der Waals surface area contributed by atoms with Crippen LogP contribution in [0, 0.1) is 23.7 Å². The fourth-order valence-electron chi connectivity index (χ4n) is 12.8. The van der Waals surface area contributed by atoms with E-state index in [1.54, 1.807) is 11.1 Å². The van der Waals surface area contributed by atoms with Crippen molar-refractivity contribution < 1.29 is 4.42 Å². The van der Waals surface area contributed by atoms with E-state index in [0.29, 0.717) is 11.5 Å². The molecule has 1 spiro atoms. The lowest BCUT2D eigenvalue weighted by Crippen LogP contribution is -2.40. The Balaban J connectivity index is 1.01. The van der Waals surface area contributed by atoms with Crippen LogP contribution in [0.4, 0.5) is 0 Å². The van der Waals surface area contributed by atoms with Gasteiger partial charge in [0.15, 0.2) is 5.58 Å². The minimum atomic E-state index is 0.193. The molecule has 4 bridgehead atoms. The molecule has 7 aromatic carbocycles. The smallest absolute Gasteiger partial charge is 0.236 e. The van der Waals surface area contributed by atoms with Gasteiger partial charge in [0.05, 0.1) is 11.0 Å². The summed E-state index contributed by atoms with van der Waals surface area (Å²) in [6.45, 7) is 0. The molecule has 4 nitrogen and oxygen atoms in total. The third-order valence-electron chi connectivity index (χ3n) is 14.8.